The molecule has 1 amide bonds. The minimum absolute atomic E-state index is 0.143. The van der Waals surface area contributed by atoms with E-state index in [1.807, 2.05) is 13.0 Å². The highest BCUT2D eigenvalue weighted by atomic mass is 16.6. The van der Waals surface area contributed by atoms with Crippen molar-refractivity contribution in [3.8, 4) is 0 Å². The number of carbonyl (C=O) groups is 1. The molecule has 0 aliphatic rings. The number of aryl methyl sites for hydroxylation is 1. The van der Waals surface area contributed by atoms with Crippen LogP contribution in [-0.2, 0) is 11.2 Å². The lowest BCUT2D eigenvalue weighted by Crippen LogP contribution is -2.30. The normalized spacial score (nSPS) is 12.1. The van der Waals surface area contributed by atoms with Gasteiger partial charge in [-0.2, -0.15) is 0 Å². The van der Waals surface area contributed by atoms with E-state index in [4.69, 9.17) is 13.6 Å². The molecule has 0 aromatic carbocycles. The predicted molar refractivity (Wildman–Crippen MR) is 75.5 cm³/mol. The summed E-state index contributed by atoms with van der Waals surface area (Å²) in [6.45, 7) is 2.15. The predicted octanol–water partition coefficient (Wildman–Crippen LogP) is 2.46. The molecule has 0 radical (unpaired) electrons. The van der Waals surface area contributed by atoms with Crippen LogP contribution in [0.2, 0.25) is 0 Å². The van der Waals surface area contributed by atoms with Gasteiger partial charge in [0.25, 0.3) is 5.91 Å². The van der Waals surface area contributed by atoms with E-state index in [1.165, 1.54) is 13.2 Å². The van der Waals surface area contributed by atoms with E-state index in [-0.39, 0.29) is 12.4 Å². The van der Waals surface area contributed by atoms with Crippen LogP contribution >= 0.6 is 0 Å². The molecular weight excluding hydrogens is 292 g/mol. The van der Waals surface area contributed by atoms with E-state index in [9.17, 15) is 14.9 Å². The second kappa shape index (κ2) is 6.90. The van der Waals surface area contributed by atoms with Gasteiger partial charge in [-0.1, -0.05) is 6.92 Å². The fourth-order valence-corrected chi connectivity index (χ4v) is 1.91. The van der Waals surface area contributed by atoms with E-state index < -0.39 is 22.8 Å². The first-order valence-electron chi connectivity index (χ1n) is 6.67. The standard InChI is InChI=1S/C14H16N2O6/c1-3-9-4-5-11(21-9)10(8-20-2)15-14(17)12-6-7-13(22-12)16(18)19/h4-7,10H,3,8H2,1-2H3,(H,15,17). The highest BCUT2D eigenvalue weighted by molar-refractivity contribution is 5.91. The van der Waals surface area contributed by atoms with Crippen LogP contribution in [-0.4, -0.2) is 24.5 Å². The molecule has 1 atom stereocenters. The van der Waals surface area contributed by atoms with Gasteiger partial charge in [-0.25, -0.2) is 0 Å². The van der Waals surface area contributed by atoms with Crippen LogP contribution < -0.4 is 5.32 Å². The number of rotatable bonds is 7. The average molecular weight is 308 g/mol. The Morgan fingerprint density at radius 2 is 2.14 bits per heavy atom. The fraction of sp³-hybridized carbons (Fsp3) is 0.357. The van der Waals surface area contributed by atoms with Gasteiger partial charge < -0.3 is 18.9 Å². The zero-order chi connectivity index (χ0) is 16.1. The van der Waals surface area contributed by atoms with Gasteiger partial charge in [0.05, 0.1) is 12.7 Å². The lowest BCUT2D eigenvalue weighted by molar-refractivity contribution is -0.402. The molecule has 0 aliphatic carbocycles. The molecule has 118 valence electrons. The summed E-state index contributed by atoms with van der Waals surface area (Å²) < 4.78 is 15.5. The molecule has 0 aliphatic heterocycles. The Hall–Kier alpha value is -2.61. The summed E-state index contributed by atoms with van der Waals surface area (Å²) in [6, 6.07) is 5.44. The third kappa shape index (κ3) is 3.53. The molecule has 0 saturated heterocycles. The van der Waals surface area contributed by atoms with Crippen molar-refractivity contribution in [2.24, 2.45) is 0 Å². The summed E-state index contributed by atoms with van der Waals surface area (Å²) in [6.07, 6.45) is 0.734. The van der Waals surface area contributed by atoms with Gasteiger partial charge >= 0.3 is 5.88 Å². The zero-order valence-corrected chi connectivity index (χ0v) is 12.2. The van der Waals surface area contributed by atoms with E-state index >= 15 is 0 Å². The van der Waals surface area contributed by atoms with Crippen LogP contribution in [0.5, 0.6) is 0 Å². The van der Waals surface area contributed by atoms with Gasteiger partial charge in [-0.05, 0) is 18.2 Å². The van der Waals surface area contributed by atoms with Crippen molar-refractivity contribution in [2.75, 3.05) is 13.7 Å². The Bertz CT molecular complexity index is 660. The maximum Gasteiger partial charge on any atom is 0.433 e. The molecule has 22 heavy (non-hydrogen) atoms. The van der Waals surface area contributed by atoms with Gasteiger partial charge in [0.15, 0.2) is 5.76 Å². The molecule has 0 fully saturated rings. The van der Waals surface area contributed by atoms with Gasteiger partial charge in [-0.3, -0.25) is 14.9 Å². The SMILES string of the molecule is CCc1ccc(C(COC)NC(=O)c2ccc([N+](=O)[O-])o2)o1. The quantitative estimate of drug-likeness (QED) is 0.621. The molecule has 8 nitrogen and oxygen atoms in total. The Balaban J connectivity index is 2.12. The van der Waals surface area contributed by atoms with Crippen molar-refractivity contribution in [1.29, 1.82) is 0 Å². The zero-order valence-electron chi connectivity index (χ0n) is 12.2. The van der Waals surface area contributed by atoms with Crippen LogP contribution in [0.1, 0.15) is 35.0 Å². The van der Waals surface area contributed by atoms with Crippen LogP contribution in [0.15, 0.2) is 33.1 Å². The average Bonchev–Trinajstić information content (AvgIpc) is 3.16. The molecule has 2 rings (SSSR count). The molecule has 0 bridgehead atoms. The summed E-state index contributed by atoms with van der Waals surface area (Å²) >= 11 is 0. The van der Waals surface area contributed by atoms with Crippen molar-refractivity contribution in [3.05, 3.63) is 51.7 Å². The highest BCUT2D eigenvalue weighted by Crippen LogP contribution is 2.20. The maximum atomic E-state index is 12.1. The number of hydrogen-bond acceptors (Lipinski definition) is 6. The Morgan fingerprint density at radius 1 is 1.36 bits per heavy atom. The van der Waals surface area contributed by atoms with Gasteiger partial charge in [-0.15, -0.1) is 0 Å². The van der Waals surface area contributed by atoms with Crippen LogP contribution in [0, 0.1) is 10.1 Å². The number of hydrogen-bond donors (Lipinski definition) is 1. The van der Waals surface area contributed by atoms with Gasteiger partial charge in [0.2, 0.25) is 0 Å². The number of nitrogens with one attached hydrogen (secondary N) is 1. The second-order valence-corrected chi connectivity index (χ2v) is 4.53. The molecule has 8 heteroatoms. The lowest BCUT2D eigenvalue weighted by atomic mass is 10.2. The smallest absolute Gasteiger partial charge is 0.433 e. The number of ether oxygens (including phenoxy) is 1. The van der Waals surface area contributed by atoms with E-state index in [0.29, 0.717) is 5.76 Å². The molecule has 1 N–H and O–H groups in total. The van der Waals surface area contributed by atoms with Crippen LogP contribution in [0.3, 0.4) is 0 Å². The number of nitrogens with zero attached hydrogens (tertiary/aromatic N) is 1. The summed E-state index contributed by atoms with van der Waals surface area (Å²) in [7, 11) is 1.50. The van der Waals surface area contributed by atoms with Crippen LogP contribution in [0.25, 0.3) is 0 Å². The number of furan rings is 2. The van der Waals surface area contributed by atoms with Crippen molar-refractivity contribution in [3.63, 3.8) is 0 Å². The number of nitro groups is 1. The molecule has 2 aromatic heterocycles. The van der Waals surface area contributed by atoms with Crippen molar-refractivity contribution in [2.45, 2.75) is 19.4 Å². The molecule has 2 aromatic rings. The van der Waals surface area contributed by atoms with Crippen molar-refractivity contribution in [1.82, 2.24) is 5.32 Å². The van der Waals surface area contributed by atoms with Gasteiger partial charge in [0.1, 0.15) is 22.5 Å². The second-order valence-electron chi connectivity index (χ2n) is 4.53. The van der Waals surface area contributed by atoms with E-state index in [1.54, 1.807) is 6.07 Å². The lowest BCUT2D eigenvalue weighted by Gasteiger charge is -2.14. The first kappa shape index (κ1) is 15.8. The third-order valence-corrected chi connectivity index (χ3v) is 3.01. The minimum atomic E-state index is -0.705. The van der Waals surface area contributed by atoms with E-state index in [0.717, 1.165) is 18.2 Å². The minimum Gasteiger partial charge on any atom is -0.464 e. The summed E-state index contributed by atoms with van der Waals surface area (Å²) in [5, 5.41) is 13.2. The molecule has 0 spiro atoms. The maximum absolute atomic E-state index is 12.1. The van der Waals surface area contributed by atoms with Crippen molar-refractivity contribution >= 4 is 11.8 Å². The Labute approximate surface area is 126 Å². The summed E-state index contributed by atoms with van der Waals surface area (Å²) in [5.74, 6) is 0.131. The van der Waals surface area contributed by atoms with Crippen LogP contribution in [0.4, 0.5) is 5.88 Å². The number of carbonyl (C=O) groups excluding carboxylic acids is 1. The molecule has 2 heterocycles. The topological polar surface area (TPSA) is 108 Å². The number of methoxy groups -OCH3 is 1. The Morgan fingerprint density at radius 3 is 2.68 bits per heavy atom. The molecule has 0 saturated carbocycles. The largest absolute Gasteiger partial charge is 0.464 e. The Kier molecular flexibility index (Phi) is 4.95. The number of amides is 1. The molecule has 1 unspecified atom stereocenters. The van der Waals surface area contributed by atoms with E-state index in [2.05, 4.69) is 5.32 Å². The fourth-order valence-electron chi connectivity index (χ4n) is 1.91. The van der Waals surface area contributed by atoms with Crippen molar-refractivity contribution < 1.29 is 23.3 Å². The van der Waals surface area contributed by atoms with Gasteiger partial charge in [0, 0.05) is 13.5 Å². The monoisotopic (exact) mass is 308 g/mol. The molecular formula is C14H16N2O6. The first-order chi connectivity index (χ1) is 10.5. The first-order valence-corrected chi connectivity index (χ1v) is 6.67. The summed E-state index contributed by atoms with van der Waals surface area (Å²) in [5.41, 5.74) is 0. The third-order valence-electron chi connectivity index (χ3n) is 3.01. The highest BCUT2D eigenvalue weighted by Gasteiger charge is 2.22. The summed E-state index contributed by atoms with van der Waals surface area (Å²) in [4.78, 5) is 21.9.